The molecule has 1 atom stereocenters. The summed E-state index contributed by atoms with van der Waals surface area (Å²) in [4.78, 5) is 34.2. The number of nitrogens with one attached hydrogen (secondary N) is 1. The Kier molecular flexibility index (Phi) is 6.21. The maximum absolute atomic E-state index is 12.6. The quantitative estimate of drug-likeness (QED) is 0.458. The fourth-order valence-electron chi connectivity index (χ4n) is 3.02. The highest BCUT2D eigenvalue weighted by molar-refractivity contribution is 7.99. The molecule has 30 heavy (non-hydrogen) atoms. The van der Waals surface area contributed by atoms with E-state index in [4.69, 9.17) is 11.6 Å². The van der Waals surface area contributed by atoms with Gasteiger partial charge < -0.3 is 9.88 Å². The van der Waals surface area contributed by atoms with Gasteiger partial charge in [-0.2, -0.15) is 0 Å². The number of aromatic nitrogens is 4. The molecule has 0 saturated heterocycles. The van der Waals surface area contributed by atoms with Crippen molar-refractivity contribution in [3.63, 3.8) is 0 Å². The van der Waals surface area contributed by atoms with Crippen LogP contribution >= 0.6 is 34.7 Å². The van der Waals surface area contributed by atoms with Crippen LogP contribution in [-0.4, -0.2) is 30.6 Å². The molecule has 154 valence electrons. The van der Waals surface area contributed by atoms with Crippen molar-refractivity contribution in [2.24, 2.45) is 7.05 Å². The summed E-state index contributed by atoms with van der Waals surface area (Å²) in [5, 5.41) is 5.50. The first-order valence-electron chi connectivity index (χ1n) is 9.07. The van der Waals surface area contributed by atoms with E-state index < -0.39 is 0 Å². The third-order valence-electron chi connectivity index (χ3n) is 4.46. The second-order valence-corrected chi connectivity index (χ2v) is 8.88. The van der Waals surface area contributed by atoms with Gasteiger partial charge in [-0.3, -0.25) is 14.0 Å². The molecule has 0 radical (unpaired) electrons. The van der Waals surface area contributed by atoms with Crippen molar-refractivity contribution in [3.05, 3.63) is 86.8 Å². The van der Waals surface area contributed by atoms with Crippen LogP contribution in [0.1, 0.15) is 23.1 Å². The Morgan fingerprint density at radius 1 is 1.30 bits per heavy atom. The first-order valence-corrected chi connectivity index (χ1v) is 11.5. The number of imidazole rings is 1. The minimum absolute atomic E-state index is 0.112. The molecule has 1 aromatic carbocycles. The van der Waals surface area contributed by atoms with Crippen LogP contribution in [-0.2, 0) is 17.6 Å². The highest BCUT2D eigenvalue weighted by Gasteiger charge is 2.20. The van der Waals surface area contributed by atoms with Crippen LogP contribution in [0.5, 0.6) is 0 Å². The van der Waals surface area contributed by atoms with Crippen molar-refractivity contribution in [1.29, 1.82) is 0 Å². The monoisotopic (exact) mass is 459 g/mol. The molecule has 0 aliphatic heterocycles. The minimum Gasteiger partial charge on any atom is -0.341 e. The predicted molar refractivity (Wildman–Crippen MR) is 120 cm³/mol. The number of halogens is 1. The average Bonchev–Trinajstić information content (AvgIpc) is 3.36. The molecule has 1 N–H and O–H groups in total. The Morgan fingerprint density at radius 3 is 2.83 bits per heavy atom. The molecular weight excluding hydrogens is 442 g/mol. The summed E-state index contributed by atoms with van der Waals surface area (Å²) in [5.74, 6) is 1.32. The summed E-state index contributed by atoms with van der Waals surface area (Å²) >= 11 is 8.82. The number of rotatable bonds is 7. The molecule has 0 spiro atoms. The van der Waals surface area contributed by atoms with Gasteiger partial charge in [0.25, 0.3) is 5.56 Å². The number of fused-ring (bicyclic) bond motifs is 1. The Morgan fingerprint density at radius 2 is 2.10 bits per heavy atom. The molecule has 4 aromatic rings. The average molecular weight is 460 g/mol. The van der Waals surface area contributed by atoms with Crippen LogP contribution in [0.25, 0.3) is 4.96 Å². The Balaban J connectivity index is 1.43. The van der Waals surface area contributed by atoms with Crippen molar-refractivity contribution in [2.75, 3.05) is 5.75 Å². The van der Waals surface area contributed by atoms with Crippen LogP contribution in [0, 0.1) is 0 Å². The highest BCUT2D eigenvalue weighted by Crippen LogP contribution is 2.23. The molecule has 0 aliphatic carbocycles. The molecule has 0 fully saturated rings. The third kappa shape index (κ3) is 4.58. The van der Waals surface area contributed by atoms with E-state index in [1.807, 2.05) is 35.3 Å². The normalized spacial score (nSPS) is 12.2. The minimum atomic E-state index is -0.388. The number of hydrogen-bond donors (Lipinski definition) is 1. The van der Waals surface area contributed by atoms with Crippen molar-refractivity contribution >= 4 is 45.6 Å². The molecule has 3 heterocycles. The fraction of sp³-hybridized carbons (Fsp3) is 0.200. The van der Waals surface area contributed by atoms with Gasteiger partial charge in [-0.15, -0.1) is 23.1 Å². The lowest BCUT2D eigenvalue weighted by molar-refractivity contribution is -0.119. The second kappa shape index (κ2) is 9.03. The maximum atomic E-state index is 12.6. The second-order valence-electron chi connectivity index (χ2n) is 6.58. The summed E-state index contributed by atoms with van der Waals surface area (Å²) in [7, 11) is 1.89. The van der Waals surface area contributed by atoms with E-state index in [-0.39, 0.29) is 23.3 Å². The number of carbonyl (C=O) groups excluding carboxylic acids is 1. The molecule has 1 unspecified atom stereocenters. The van der Waals surface area contributed by atoms with Gasteiger partial charge in [-0.05, 0) is 17.7 Å². The van der Waals surface area contributed by atoms with Gasteiger partial charge in [0.05, 0.1) is 11.4 Å². The van der Waals surface area contributed by atoms with E-state index in [2.05, 4.69) is 15.3 Å². The summed E-state index contributed by atoms with van der Waals surface area (Å²) in [6.45, 7) is 0. The van der Waals surface area contributed by atoms with Crippen molar-refractivity contribution in [3.8, 4) is 0 Å². The van der Waals surface area contributed by atoms with Gasteiger partial charge >= 0.3 is 0 Å². The molecule has 1 amide bonds. The number of aryl methyl sites for hydroxylation is 1. The lowest BCUT2D eigenvalue weighted by Gasteiger charge is -2.19. The molecular formula is C20H18ClN5O2S2. The van der Waals surface area contributed by atoms with Crippen LogP contribution < -0.4 is 10.9 Å². The lowest BCUT2D eigenvalue weighted by atomic mass is 10.1. The number of benzene rings is 1. The number of hydrogen-bond acceptors (Lipinski definition) is 6. The molecule has 0 aliphatic rings. The zero-order valence-electron chi connectivity index (χ0n) is 16.0. The number of nitrogens with zero attached hydrogens (tertiary/aromatic N) is 4. The van der Waals surface area contributed by atoms with E-state index in [1.165, 1.54) is 33.6 Å². The molecule has 4 rings (SSSR count). The molecule has 7 nitrogen and oxygen atoms in total. The maximum Gasteiger partial charge on any atom is 0.258 e. The fourth-order valence-corrected chi connectivity index (χ4v) is 4.61. The number of carbonyl (C=O) groups is 1. The van der Waals surface area contributed by atoms with Crippen molar-refractivity contribution < 1.29 is 4.79 Å². The van der Waals surface area contributed by atoms with Crippen molar-refractivity contribution in [2.45, 2.75) is 11.8 Å². The van der Waals surface area contributed by atoms with Gasteiger partial charge in [0.1, 0.15) is 11.9 Å². The highest BCUT2D eigenvalue weighted by atomic mass is 35.5. The van der Waals surface area contributed by atoms with Crippen LogP contribution in [0.4, 0.5) is 0 Å². The van der Waals surface area contributed by atoms with E-state index in [0.29, 0.717) is 21.4 Å². The Hall–Kier alpha value is -2.62. The van der Waals surface area contributed by atoms with E-state index in [1.54, 1.807) is 24.5 Å². The van der Waals surface area contributed by atoms with Gasteiger partial charge in [0.2, 0.25) is 5.91 Å². The van der Waals surface area contributed by atoms with Gasteiger partial charge in [0, 0.05) is 47.9 Å². The number of thioether (sulfide) groups is 1. The van der Waals surface area contributed by atoms with E-state index >= 15 is 0 Å². The predicted octanol–water partition coefficient (Wildman–Crippen LogP) is 3.28. The largest absolute Gasteiger partial charge is 0.341 e. The zero-order valence-corrected chi connectivity index (χ0v) is 18.4. The Bertz CT molecular complexity index is 1230. The molecule has 10 heteroatoms. The zero-order chi connectivity index (χ0) is 21.1. The van der Waals surface area contributed by atoms with Gasteiger partial charge in [-0.1, -0.05) is 23.7 Å². The van der Waals surface area contributed by atoms with Crippen LogP contribution in [0.3, 0.4) is 0 Å². The summed E-state index contributed by atoms with van der Waals surface area (Å²) in [6.07, 6.45) is 5.24. The van der Waals surface area contributed by atoms with Crippen molar-refractivity contribution in [1.82, 2.24) is 24.3 Å². The third-order valence-corrected chi connectivity index (χ3v) is 6.44. The summed E-state index contributed by atoms with van der Waals surface area (Å²) < 4.78 is 3.38. The van der Waals surface area contributed by atoms with Gasteiger partial charge in [0.15, 0.2) is 4.96 Å². The smallest absolute Gasteiger partial charge is 0.258 e. The molecule has 0 saturated carbocycles. The summed E-state index contributed by atoms with van der Waals surface area (Å²) in [5.41, 5.74) is 1.45. The first kappa shape index (κ1) is 20.6. The Labute approximate surface area is 185 Å². The summed E-state index contributed by atoms with van der Waals surface area (Å²) in [6, 6.07) is 8.46. The number of thiazole rings is 1. The standard InChI is InChI=1S/C20H18ClN5O2S2/c1-25-7-6-22-19(25)18(13-2-4-14(21)5-3-13)24-16(27)12-29-11-15-10-17(28)26-8-9-30-20(26)23-15/h2-10,18H,11-12H2,1H3,(H,24,27). The van der Waals surface area contributed by atoms with E-state index in [9.17, 15) is 9.59 Å². The molecule has 3 aromatic heterocycles. The van der Waals surface area contributed by atoms with Crippen LogP contribution in [0.15, 0.2) is 59.1 Å². The van der Waals surface area contributed by atoms with E-state index in [0.717, 1.165) is 11.4 Å². The lowest BCUT2D eigenvalue weighted by Crippen LogP contribution is -2.32. The number of amides is 1. The SMILES string of the molecule is Cn1ccnc1C(NC(=O)CSCc1cc(=O)n2ccsc2n1)c1ccc(Cl)cc1. The topological polar surface area (TPSA) is 81.3 Å². The molecule has 0 bridgehead atoms. The first-order chi connectivity index (χ1) is 14.5. The van der Waals surface area contributed by atoms with Gasteiger partial charge in [-0.25, -0.2) is 9.97 Å². The van der Waals surface area contributed by atoms with Crippen LogP contribution in [0.2, 0.25) is 5.02 Å².